The fraction of sp³-hybridized carbons (Fsp3) is 0.533. The third-order valence-corrected chi connectivity index (χ3v) is 5.57. The van der Waals surface area contributed by atoms with E-state index in [1.807, 2.05) is 0 Å². The van der Waals surface area contributed by atoms with Gasteiger partial charge in [-0.2, -0.15) is 0 Å². The van der Waals surface area contributed by atoms with Crippen LogP contribution in [0.2, 0.25) is 0 Å². The molecule has 0 aromatic heterocycles. The van der Waals surface area contributed by atoms with Gasteiger partial charge in [0.25, 0.3) is 5.91 Å². The Hall–Kier alpha value is -1.56. The van der Waals surface area contributed by atoms with Gasteiger partial charge in [0.2, 0.25) is 0 Å². The van der Waals surface area contributed by atoms with E-state index in [1.54, 1.807) is 24.3 Å². The van der Waals surface area contributed by atoms with E-state index in [4.69, 9.17) is 4.74 Å². The molecule has 0 saturated heterocycles. The lowest BCUT2D eigenvalue weighted by atomic mass is 9.94. The summed E-state index contributed by atoms with van der Waals surface area (Å²) in [6.07, 6.45) is 4.39. The molecule has 1 saturated carbocycles. The molecule has 1 aromatic rings. The Kier molecular flexibility index (Phi) is 4.88. The topological polar surface area (TPSA) is 72.5 Å². The highest BCUT2D eigenvalue weighted by Gasteiger charge is 2.33. The maximum absolute atomic E-state index is 12.3. The average molecular weight is 311 g/mol. The molecular weight excluding hydrogens is 290 g/mol. The van der Waals surface area contributed by atoms with Crippen LogP contribution in [0.3, 0.4) is 0 Å². The van der Waals surface area contributed by atoms with Gasteiger partial charge in [0, 0.05) is 17.9 Å². The first-order valence-electron chi connectivity index (χ1n) is 7.05. The van der Waals surface area contributed by atoms with Crippen LogP contribution in [0.1, 0.15) is 36.0 Å². The third kappa shape index (κ3) is 3.97. The lowest BCUT2D eigenvalue weighted by molar-refractivity contribution is 0.0928. The van der Waals surface area contributed by atoms with E-state index in [9.17, 15) is 13.2 Å². The van der Waals surface area contributed by atoms with Crippen molar-refractivity contribution in [3.8, 4) is 5.75 Å². The van der Waals surface area contributed by atoms with Crippen molar-refractivity contribution in [3.63, 3.8) is 0 Å². The van der Waals surface area contributed by atoms with E-state index in [-0.39, 0.29) is 11.9 Å². The van der Waals surface area contributed by atoms with Crippen LogP contribution in [-0.2, 0) is 9.84 Å². The van der Waals surface area contributed by atoms with E-state index in [1.165, 1.54) is 13.4 Å². The van der Waals surface area contributed by atoms with Gasteiger partial charge in [-0.05, 0) is 31.0 Å². The molecule has 0 spiro atoms. The van der Waals surface area contributed by atoms with Crippen LogP contribution in [0.25, 0.3) is 0 Å². The number of sulfone groups is 1. The number of methoxy groups -OCH3 is 1. The van der Waals surface area contributed by atoms with Crippen molar-refractivity contribution in [1.29, 1.82) is 0 Å². The largest absolute Gasteiger partial charge is 0.497 e. The maximum atomic E-state index is 12.3. The summed E-state index contributed by atoms with van der Waals surface area (Å²) in [4.78, 5) is 12.3. The highest BCUT2D eigenvalue weighted by Crippen LogP contribution is 2.24. The Balaban J connectivity index is 2.13. The molecule has 1 amide bonds. The van der Waals surface area contributed by atoms with Crippen molar-refractivity contribution < 1.29 is 17.9 Å². The maximum Gasteiger partial charge on any atom is 0.251 e. The number of carbonyl (C=O) groups is 1. The smallest absolute Gasteiger partial charge is 0.251 e. The molecule has 5 nitrogen and oxygen atoms in total. The Morgan fingerprint density at radius 1 is 1.29 bits per heavy atom. The van der Waals surface area contributed by atoms with Gasteiger partial charge in [0.15, 0.2) is 9.84 Å². The van der Waals surface area contributed by atoms with Crippen LogP contribution in [0.5, 0.6) is 5.75 Å². The Morgan fingerprint density at radius 3 is 2.67 bits per heavy atom. The molecule has 1 aromatic carbocycles. The SMILES string of the molecule is COc1cccc(C(=O)N[C@@H]2CCCC[C@H]2S(C)(=O)=O)c1. The van der Waals surface area contributed by atoms with Crippen LogP contribution in [0, 0.1) is 0 Å². The van der Waals surface area contributed by atoms with Crippen molar-refractivity contribution >= 4 is 15.7 Å². The summed E-state index contributed by atoms with van der Waals surface area (Å²) in [5.74, 6) is 0.348. The number of carbonyl (C=O) groups excluding carboxylic acids is 1. The molecule has 0 bridgehead atoms. The van der Waals surface area contributed by atoms with E-state index in [2.05, 4.69) is 5.32 Å². The third-order valence-electron chi connectivity index (χ3n) is 3.90. The van der Waals surface area contributed by atoms with Gasteiger partial charge in [0.05, 0.1) is 12.4 Å². The monoisotopic (exact) mass is 311 g/mol. The molecule has 1 fully saturated rings. The molecule has 2 rings (SSSR count). The zero-order valence-corrected chi connectivity index (χ0v) is 13.2. The van der Waals surface area contributed by atoms with Gasteiger partial charge in [-0.1, -0.05) is 18.9 Å². The van der Waals surface area contributed by atoms with Gasteiger partial charge in [-0.15, -0.1) is 0 Å². The van der Waals surface area contributed by atoms with E-state index in [0.717, 1.165) is 12.8 Å². The Bertz CT molecular complexity index is 612. The van der Waals surface area contributed by atoms with Gasteiger partial charge in [-0.3, -0.25) is 4.79 Å². The normalized spacial score (nSPS) is 22.6. The summed E-state index contributed by atoms with van der Waals surface area (Å²) >= 11 is 0. The van der Waals surface area contributed by atoms with E-state index < -0.39 is 15.1 Å². The molecule has 21 heavy (non-hydrogen) atoms. The molecule has 1 aliphatic carbocycles. The minimum atomic E-state index is -3.16. The quantitative estimate of drug-likeness (QED) is 0.920. The Morgan fingerprint density at radius 2 is 2.00 bits per heavy atom. The first-order chi connectivity index (χ1) is 9.91. The first kappa shape index (κ1) is 15.8. The highest BCUT2D eigenvalue weighted by atomic mass is 32.2. The van der Waals surface area contributed by atoms with E-state index >= 15 is 0 Å². The average Bonchev–Trinajstić information content (AvgIpc) is 2.46. The fourth-order valence-electron chi connectivity index (χ4n) is 2.79. The Labute approximate surface area is 125 Å². The second-order valence-electron chi connectivity index (χ2n) is 5.46. The zero-order valence-electron chi connectivity index (χ0n) is 12.3. The van der Waals surface area contributed by atoms with Crippen LogP contribution < -0.4 is 10.1 Å². The number of nitrogens with one attached hydrogen (secondary N) is 1. The molecule has 2 atom stereocenters. The van der Waals surface area contributed by atoms with Gasteiger partial charge in [-0.25, -0.2) is 8.42 Å². The summed E-state index contributed by atoms with van der Waals surface area (Å²) in [5, 5.41) is 2.38. The van der Waals surface area contributed by atoms with Crippen LogP contribution in [0.15, 0.2) is 24.3 Å². The first-order valence-corrected chi connectivity index (χ1v) is 9.01. The van der Waals surface area contributed by atoms with Crippen molar-refractivity contribution in [2.75, 3.05) is 13.4 Å². The van der Waals surface area contributed by atoms with Crippen LogP contribution in [-0.4, -0.2) is 39.0 Å². The van der Waals surface area contributed by atoms with E-state index in [0.29, 0.717) is 24.2 Å². The second kappa shape index (κ2) is 6.47. The zero-order chi connectivity index (χ0) is 15.5. The summed E-state index contributed by atoms with van der Waals surface area (Å²) in [7, 11) is -1.62. The predicted molar refractivity (Wildman–Crippen MR) is 81.3 cm³/mol. The lowest BCUT2D eigenvalue weighted by Gasteiger charge is -2.30. The highest BCUT2D eigenvalue weighted by molar-refractivity contribution is 7.91. The molecule has 1 aliphatic rings. The summed E-state index contributed by atoms with van der Waals surface area (Å²) in [5.41, 5.74) is 0.479. The van der Waals surface area contributed by atoms with Crippen molar-refractivity contribution in [1.82, 2.24) is 5.32 Å². The summed E-state index contributed by atoms with van der Waals surface area (Å²) in [6, 6.07) is 6.52. The molecule has 0 unspecified atom stereocenters. The van der Waals surface area contributed by atoms with Crippen molar-refractivity contribution in [2.24, 2.45) is 0 Å². The number of ether oxygens (including phenoxy) is 1. The number of hydrogen-bond acceptors (Lipinski definition) is 4. The molecule has 116 valence electrons. The minimum Gasteiger partial charge on any atom is -0.497 e. The standard InChI is InChI=1S/C15H21NO4S/c1-20-12-7-5-6-11(10-12)15(17)16-13-8-3-4-9-14(13)21(2,18)19/h5-7,10,13-14H,3-4,8-9H2,1-2H3,(H,16,17)/t13-,14-/m1/s1. The number of rotatable bonds is 4. The van der Waals surface area contributed by atoms with Gasteiger partial charge < -0.3 is 10.1 Å². The molecule has 6 heteroatoms. The second-order valence-corrected chi connectivity index (χ2v) is 7.73. The van der Waals surface area contributed by atoms with Gasteiger partial charge >= 0.3 is 0 Å². The number of amides is 1. The number of benzene rings is 1. The fourth-order valence-corrected chi connectivity index (χ4v) is 4.19. The summed E-state index contributed by atoms with van der Waals surface area (Å²) in [6.45, 7) is 0. The van der Waals surface area contributed by atoms with Crippen LogP contribution in [0.4, 0.5) is 0 Å². The van der Waals surface area contributed by atoms with Crippen molar-refractivity contribution in [2.45, 2.75) is 37.0 Å². The molecular formula is C15H21NO4S. The minimum absolute atomic E-state index is 0.255. The molecule has 0 heterocycles. The summed E-state index contributed by atoms with van der Waals surface area (Å²) < 4.78 is 28.8. The number of hydrogen-bond donors (Lipinski definition) is 1. The molecule has 0 radical (unpaired) electrons. The molecule has 1 N–H and O–H groups in total. The van der Waals surface area contributed by atoms with Crippen LogP contribution >= 0.6 is 0 Å². The van der Waals surface area contributed by atoms with Crippen molar-refractivity contribution in [3.05, 3.63) is 29.8 Å². The molecule has 0 aliphatic heterocycles. The lowest BCUT2D eigenvalue weighted by Crippen LogP contribution is -2.48. The predicted octanol–water partition coefficient (Wildman–Crippen LogP) is 1.78. The van der Waals surface area contributed by atoms with Gasteiger partial charge in [0.1, 0.15) is 5.75 Å².